The van der Waals surface area contributed by atoms with E-state index in [0.29, 0.717) is 0 Å². The minimum Gasteiger partial charge on any atom is -0.369 e. The van der Waals surface area contributed by atoms with Crippen LogP contribution in [-0.4, -0.2) is 48.6 Å². The Morgan fingerprint density at radius 3 is 2.52 bits per heavy atom. The number of anilines is 3. The number of nitrogens with one attached hydrogen (secondary N) is 1. The van der Waals surface area contributed by atoms with Gasteiger partial charge in [-0.05, 0) is 39.2 Å². The third-order valence-electron chi connectivity index (χ3n) is 3.13. The van der Waals surface area contributed by atoms with Crippen LogP contribution in [0.15, 0.2) is 42.6 Å². The normalized spacial score (nSPS) is 10.7. The Balaban J connectivity index is 2.11. The van der Waals surface area contributed by atoms with Crippen LogP contribution in [0.3, 0.4) is 0 Å². The van der Waals surface area contributed by atoms with Crippen LogP contribution in [0.4, 0.5) is 17.5 Å². The van der Waals surface area contributed by atoms with E-state index in [1.807, 2.05) is 24.3 Å². The predicted molar refractivity (Wildman–Crippen MR) is 88.2 cm³/mol. The maximum atomic E-state index is 4.60. The molecule has 0 unspecified atom stereocenters. The fourth-order valence-electron chi connectivity index (χ4n) is 2.03. The summed E-state index contributed by atoms with van der Waals surface area (Å²) in [4.78, 5) is 13.2. The highest BCUT2D eigenvalue weighted by atomic mass is 15.3. The van der Waals surface area contributed by atoms with E-state index in [0.717, 1.165) is 37.1 Å². The zero-order valence-electron chi connectivity index (χ0n) is 13.0. The number of aromatic nitrogens is 2. The monoisotopic (exact) mass is 285 g/mol. The molecule has 1 N–H and O–H groups in total. The van der Waals surface area contributed by atoms with Gasteiger partial charge in [0, 0.05) is 31.5 Å². The van der Waals surface area contributed by atoms with Gasteiger partial charge in [-0.25, -0.2) is 4.98 Å². The number of hydrogen-bond acceptors (Lipinski definition) is 5. The fraction of sp³-hybridized carbons (Fsp3) is 0.375. The van der Waals surface area contributed by atoms with E-state index in [1.54, 1.807) is 6.20 Å². The maximum Gasteiger partial charge on any atom is 0.231 e. The van der Waals surface area contributed by atoms with Gasteiger partial charge in [0.25, 0.3) is 0 Å². The van der Waals surface area contributed by atoms with Gasteiger partial charge in [0.1, 0.15) is 5.82 Å². The molecule has 2 aromatic rings. The molecule has 0 amide bonds. The molecule has 112 valence electrons. The summed E-state index contributed by atoms with van der Waals surface area (Å²) >= 11 is 0. The lowest BCUT2D eigenvalue weighted by molar-refractivity contribution is 0.425. The van der Waals surface area contributed by atoms with E-state index in [9.17, 15) is 0 Å². The molecular weight excluding hydrogens is 262 g/mol. The highest BCUT2D eigenvalue weighted by molar-refractivity contribution is 5.58. The van der Waals surface area contributed by atoms with Crippen LogP contribution in [0.5, 0.6) is 0 Å². The average molecular weight is 285 g/mol. The summed E-state index contributed by atoms with van der Waals surface area (Å²) in [6, 6.07) is 12.1. The molecule has 0 radical (unpaired) electrons. The minimum atomic E-state index is 0.721. The molecule has 0 saturated carbocycles. The van der Waals surface area contributed by atoms with Crippen molar-refractivity contribution in [3.8, 4) is 0 Å². The second-order valence-corrected chi connectivity index (χ2v) is 5.05. The van der Waals surface area contributed by atoms with E-state index in [2.05, 4.69) is 58.2 Å². The molecule has 21 heavy (non-hydrogen) atoms. The average Bonchev–Trinajstić information content (AvgIpc) is 2.49. The van der Waals surface area contributed by atoms with Crippen molar-refractivity contribution in [3.63, 3.8) is 0 Å². The molecule has 0 spiro atoms. The van der Waals surface area contributed by atoms with Crippen LogP contribution in [0, 0.1) is 0 Å². The fourth-order valence-corrected chi connectivity index (χ4v) is 2.03. The summed E-state index contributed by atoms with van der Waals surface area (Å²) in [5, 5.41) is 3.33. The summed E-state index contributed by atoms with van der Waals surface area (Å²) in [6.45, 7) is 4.75. The zero-order valence-corrected chi connectivity index (χ0v) is 13.0. The molecule has 2 rings (SSSR count). The van der Waals surface area contributed by atoms with Crippen molar-refractivity contribution in [2.75, 3.05) is 43.9 Å². The van der Waals surface area contributed by atoms with Crippen molar-refractivity contribution >= 4 is 17.5 Å². The number of para-hydroxylation sites is 1. The van der Waals surface area contributed by atoms with Crippen molar-refractivity contribution in [1.82, 2.24) is 14.9 Å². The van der Waals surface area contributed by atoms with Crippen LogP contribution >= 0.6 is 0 Å². The predicted octanol–water partition coefficient (Wildman–Crippen LogP) is 2.61. The number of benzene rings is 1. The van der Waals surface area contributed by atoms with Gasteiger partial charge in [-0.3, -0.25) is 0 Å². The Bertz CT molecular complexity index is 541. The number of likely N-dealkylation sites (N-methyl/N-ethyl adjacent to an activating group) is 1. The summed E-state index contributed by atoms with van der Waals surface area (Å²) in [6.07, 6.45) is 1.80. The summed E-state index contributed by atoms with van der Waals surface area (Å²) in [5.74, 6) is 1.58. The van der Waals surface area contributed by atoms with E-state index in [1.165, 1.54) is 0 Å². The van der Waals surface area contributed by atoms with Crippen molar-refractivity contribution in [2.45, 2.75) is 6.92 Å². The van der Waals surface area contributed by atoms with E-state index in [-0.39, 0.29) is 0 Å². The first-order valence-electron chi connectivity index (χ1n) is 7.25. The molecule has 1 aromatic heterocycles. The standard InChI is InChI=1S/C16H23N5/c1-4-21(14-8-6-5-7-9-14)16-18-11-10-15(19-16)17-12-13-20(2)3/h5-11H,4,12-13H2,1-3H3,(H,17,18,19). The van der Waals surface area contributed by atoms with Gasteiger partial charge < -0.3 is 15.1 Å². The first-order chi connectivity index (χ1) is 10.2. The number of nitrogens with zero attached hydrogens (tertiary/aromatic N) is 4. The Hall–Kier alpha value is -2.14. The van der Waals surface area contributed by atoms with Crippen molar-refractivity contribution < 1.29 is 0 Å². The van der Waals surface area contributed by atoms with E-state index < -0.39 is 0 Å². The maximum absolute atomic E-state index is 4.60. The molecular formula is C16H23N5. The Morgan fingerprint density at radius 2 is 1.86 bits per heavy atom. The van der Waals surface area contributed by atoms with Gasteiger partial charge in [-0.15, -0.1) is 0 Å². The first kappa shape index (κ1) is 15.3. The molecule has 0 aliphatic carbocycles. The zero-order chi connectivity index (χ0) is 15.1. The highest BCUT2D eigenvalue weighted by Gasteiger charge is 2.10. The smallest absolute Gasteiger partial charge is 0.231 e. The Kier molecular flexibility index (Phi) is 5.51. The Morgan fingerprint density at radius 1 is 1.10 bits per heavy atom. The molecule has 0 fully saturated rings. The van der Waals surface area contributed by atoms with Crippen LogP contribution in [0.25, 0.3) is 0 Å². The molecule has 0 aliphatic heterocycles. The van der Waals surface area contributed by atoms with Crippen LogP contribution < -0.4 is 10.2 Å². The SMILES string of the molecule is CCN(c1ccccc1)c1nccc(NCCN(C)C)n1. The Labute approximate surface area is 126 Å². The third-order valence-corrected chi connectivity index (χ3v) is 3.13. The molecule has 0 atom stereocenters. The van der Waals surface area contributed by atoms with Gasteiger partial charge in [0.05, 0.1) is 0 Å². The highest BCUT2D eigenvalue weighted by Crippen LogP contribution is 2.21. The molecule has 0 aliphatic rings. The minimum absolute atomic E-state index is 0.721. The second kappa shape index (κ2) is 7.59. The topological polar surface area (TPSA) is 44.3 Å². The van der Waals surface area contributed by atoms with Gasteiger partial charge in [-0.2, -0.15) is 4.98 Å². The van der Waals surface area contributed by atoms with Crippen LogP contribution in [0.1, 0.15) is 6.92 Å². The molecule has 0 bridgehead atoms. The van der Waals surface area contributed by atoms with Crippen molar-refractivity contribution in [3.05, 3.63) is 42.6 Å². The van der Waals surface area contributed by atoms with Gasteiger partial charge in [0.2, 0.25) is 5.95 Å². The van der Waals surface area contributed by atoms with Crippen LogP contribution in [-0.2, 0) is 0 Å². The molecule has 5 heteroatoms. The lowest BCUT2D eigenvalue weighted by atomic mass is 10.3. The van der Waals surface area contributed by atoms with E-state index >= 15 is 0 Å². The number of rotatable bonds is 7. The van der Waals surface area contributed by atoms with Crippen molar-refractivity contribution in [2.24, 2.45) is 0 Å². The lowest BCUT2D eigenvalue weighted by Gasteiger charge is -2.21. The largest absolute Gasteiger partial charge is 0.369 e. The quantitative estimate of drug-likeness (QED) is 0.847. The van der Waals surface area contributed by atoms with Crippen molar-refractivity contribution in [1.29, 1.82) is 0 Å². The van der Waals surface area contributed by atoms with Gasteiger partial charge in [-0.1, -0.05) is 18.2 Å². The summed E-state index contributed by atoms with van der Waals surface area (Å²) < 4.78 is 0. The lowest BCUT2D eigenvalue weighted by Crippen LogP contribution is -2.22. The van der Waals surface area contributed by atoms with Gasteiger partial charge in [0.15, 0.2) is 0 Å². The summed E-state index contributed by atoms with van der Waals surface area (Å²) in [5.41, 5.74) is 1.10. The summed E-state index contributed by atoms with van der Waals surface area (Å²) in [7, 11) is 4.11. The molecule has 1 aromatic carbocycles. The molecule has 1 heterocycles. The number of hydrogen-bond donors (Lipinski definition) is 1. The van der Waals surface area contributed by atoms with E-state index in [4.69, 9.17) is 0 Å². The first-order valence-corrected chi connectivity index (χ1v) is 7.25. The molecule has 5 nitrogen and oxygen atoms in total. The third kappa shape index (κ3) is 4.43. The molecule has 0 saturated heterocycles. The van der Waals surface area contributed by atoms with Crippen LogP contribution in [0.2, 0.25) is 0 Å². The van der Waals surface area contributed by atoms with Gasteiger partial charge >= 0.3 is 0 Å². The second-order valence-electron chi connectivity index (χ2n) is 5.05.